The van der Waals surface area contributed by atoms with Gasteiger partial charge in [-0.2, -0.15) is 0 Å². The van der Waals surface area contributed by atoms with E-state index in [2.05, 4.69) is 15.0 Å². The van der Waals surface area contributed by atoms with Crippen LogP contribution in [-0.2, 0) is 14.8 Å². The second-order valence-corrected chi connectivity index (χ2v) is 6.63. The number of aromatic nitrogens is 1. The van der Waals surface area contributed by atoms with Crippen LogP contribution in [0.1, 0.15) is 12.8 Å². The fraction of sp³-hybridized carbons (Fsp3) is 0.400. The van der Waals surface area contributed by atoms with Crippen LogP contribution in [0.2, 0.25) is 10.2 Å². The summed E-state index contributed by atoms with van der Waals surface area (Å²) in [6.45, 7) is 0.133. The minimum Gasteiger partial charge on any atom is -0.352 e. The maximum atomic E-state index is 12.0. The molecule has 9 heteroatoms. The molecule has 1 aliphatic heterocycles. The normalized spacial score (nSPS) is 19.5. The molecule has 2 N–H and O–H groups in total. The predicted octanol–water partition coefficient (Wildman–Crippen LogP) is 0.945. The van der Waals surface area contributed by atoms with Gasteiger partial charge in [0, 0.05) is 25.2 Å². The van der Waals surface area contributed by atoms with E-state index in [9.17, 15) is 13.2 Å². The molecule has 104 valence electrons. The van der Waals surface area contributed by atoms with Crippen molar-refractivity contribution in [2.75, 3.05) is 6.54 Å². The minimum absolute atomic E-state index is 0.0451. The Morgan fingerprint density at radius 3 is 2.79 bits per heavy atom. The third-order valence-corrected chi connectivity index (χ3v) is 4.76. The van der Waals surface area contributed by atoms with Gasteiger partial charge >= 0.3 is 0 Å². The Kier molecular flexibility index (Phi) is 4.29. The van der Waals surface area contributed by atoms with Crippen molar-refractivity contribution in [1.29, 1.82) is 0 Å². The lowest BCUT2D eigenvalue weighted by Gasteiger charge is -2.11. The molecule has 1 saturated heterocycles. The lowest BCUT2D eigenvalue weighted by Crippen LogP contribution is -2.38. The topological polar surface area (TPSA) is 88.2 Å². The van der Waals surface area contributed by atoms with E-state index in [1.165, 1.54) is 6.07 Å². The first-order valence-electron chi connectivity index (χ1n) is 5.48. The Morgan fingerprint density at radius 2 is 2.21 bits per heavy atom. The van der Waals surface area contributed by atoms with Gasteiger partial charge in [-0.1, -0.05) is 23.2 Å². The molecule has 1 aliphatic rings. The fourth-order valence-electron chi connectivity index (χ4n) is 1.67. The molecule has 1 fully saturated rings. The molecule has 1 amide bonds. The molecular weight excluding hydrogens is 313 g/mol. The van der Waals surface area contributed by atoms with Gasteiger partial charge in [0.1, 0.15) is 10.0 Å². The number of rotatable bonds is 4. The SMILES string of the molecule is O=C1CCC(CNS(=O)(=O)c2cnc(Cl)c(Cl)c2)N1. The van der Waals surface area contributed by atoms with Gasteiger partial charge in [-0.15, -0.1) is 0 Å². The number of amides is 1. The number of carbonyl (C=O) groups is 1. The number of hydrogen-bond donors (Lipinski definition) is 2. The van der Waals surface area contributed by atoms with Crippen molar-refractivity contribution in [3.63, 3.8) is 0 Å². The average Bonchev–Trinajstić information content (AvgIpc) is 2.76. The van der Waals surface area contributed by atoms with Gasteiger partial charge in [0.25, 0.3) is 0 Å². The molecule has 2 heterocycles. The zero-order valence-corrected chi connectivity index (χ0v) is 12.0. The molecular formula is C10H11Cl2N3O3S. The van der Waals surface area contributed by atoms with E-state index in [1.807, 2.05) is 0 Å². The molecule has 0 aromatic carbocycles. The summed E-state index contributed by atoms with van der Waals surface area (Å²) >= 11 is 11.3. The molecule has 0 bridgehead atoms. The number of nitrogens with one attached hydrogen (secondary N) is 2. The zero-order valence-electron chi connectivity index (χ0n) is 9.69. The summed E-state index contributed by atoms with van der Waals surface area (Å²) in [6, 6.07) is 1.05. The first kappa shape index (κ1) is 14.5. The Hall–Kier alpha value is -0.890. The monoisotopic (exact) mass is 323 g/mol. The summed E-state index contributed by atoms with van der Waals surface area (Å²) < 4.78 is 26.3. The molecule has 2 rings (SSSR count). The van der Waals surface area contributed by atoms with Gasteiger partial charge < -0.3 is 5.32 Å². The number of halogens is 2. The number of hydrogen-bond acceptors (Lipinski definition) is 4. The van der Waals surface area contributed by atoms with Crippen molar-refractivity contribution in [2.24, 2.45) is 0 Å². The molecule has 1 unspecified atom stereocenters. The molecule has 0 saturated carbocycles. The molecule has 1 aromatic rings. The van der Waals surface area contributed by atoms with E-state index in [0.717, 1.165) is 6.20 Å². The number of carbonyl (C=O) groups excluding carboxylic acids is 1. The van der Waals surface area contributed by atoms with Crippen LogP contribution in [0.5, 0.6) is 0 Å². The molecule has 0 radical (unpaired) electrons. The van der Waals surface area contributed by atoms with Crippen molar-refractivity contribution >= 4 is 39.1 Å². The Bertz CT molecular complexity index is 606. The summed E-state index contributed by atoms with van der Waals surface area (Å²) in [5.41, 5.74) is 0. The van der Waals surface area contributed by atoms with Crippen molar-refractivity contribution in [3.05, 3.63) is 22.4 Å². The van der Waals surface area contributed by atoms with E-state index < -0.39 is 10.0 Å². The van der Waals surface area contributed by atoms with Gasteiger partial charge in [-0.05, 0) is 12.5 Å². The van der Waals surface area contributed by atoms with Gasteiger partial charge in [-0.3, -0.25) is 4.79 Å². The quantitative estimate of drug-likeness (QED) is 0.807. The fourth-order valence-corrected chi connectivity index (χ4v) is 3.06. The predicted molar refractivity (Wildman–Crippen MR) is 70.6 cm³/mol. The maximum absolute atomic E-state index is 12.0. The van der Waals surface area contributed by atoms with E-state index >= 15 is 0 Å². The summed E-state index contributed by atoms with van der Waals surface area (Å²) in [6.07, 6.45) is 2.16. The molecule has 0 aliphatic carbocycles. The van der Waals surface area contributed by atoms with Crippen molar-refractivity contribution in [2.45, 2.75) is 23.8 Å². The smallest absolute Gasteiger partial charge is 0.242 e. The first-order valence-corrected chi connectivity index (χ1v) is 7.72. The van der Waals surface area contributed by atoms with Crippen LogP contribution in [0, 0.1) is 0 Å². The van der Waals surface area contributed by atoms with Crippen LogP contribution >= 0.6 is 23.2 Å². The molecule has 0 spiro atoms. The van der Waals surface area contributed by atoms with E-state index in [0.29, 0.717) is 12.8 Å². The third-order valence-electron chi connectivity index (χ3n) is 2.69. The number of pyridine rings is 1. The van der Waals surface area contributed by atoms with Crippen molar-refractivity contribution in [1.82, 2.24) is 15.0 Å². The summed E-state index contributed by atoms with van der Waals surface area (Å²) in [5, 5.41) is 2.78. The molecule has 19 heavy (non-hydrogen) atoms. The van der Waals surface area contributed by atoms with Gasteiger partial charge in [0.05, 0.1) is 5.02 Å². The Balaban J connectivity index is 2.05. The third kappa shape index (κ3) is 3.56. The van der Waals surface area contributed by atoms with Crippen LogP contribution in [-0.4, -0.2) is 31.9 Å². The second-order valence-electron chi connectivity index (χ2n) is 4.10. The minimum atomic E-state index is -3.71. The average molecular weight is 324 g/mol. The van der Waals surface area contributed by atoms with Crippen molar-refractivity contribution in [3.8, 4) is 0 Å². The Labute approximate surface area is 120 Å². The lowest BCUT2D eigenvalue weighted by atomic mass is 10.2. The second kappa shape index (κ2) is 5.62. The van der Waals surface area contributed by atoms with Gasteiger partial charge in [0.2, 0.25) is 15.9 Å². The van der Waals surface area contributed by atoms with Crippen LogP contribution < -0.4 is 10.0 Å². The standard InChI is InChI=1S/C10H11Cl2N3O3S/c11-8-3-7(5-13-10(8)12)19(17,18)14-4-6-1-2-9(16)15-6/h3,5-6,14H,1-2,4H2,(H,15,16). The largest absolute Gasteiger partial charge is 0.352 e. The van der Waals surface area contributed by atoms with Crippen LogP contribution in [0.15, 0.2) is 17.2 Å². The summed E-state index contributed by atoms with van der Waals surface area (Å²) in [7, 11) is -3.71. The zero-order chi connectivity index (χ0) is 14.0. The van der Waals surface area contributed by atoms with Gasteiger partial charge in [0.15, 0.2) is 0 Å². The number of nitrogens with zero attached hydrogens (tertiary/aromatic N) is 1. The Morgan fingerprint density at radius 1 is 1.47 bits per heavy atom. The molecule has 1 atom stereocenters. The highest BCUT2D eigenvalue weighted by Crippen LogP contribution is 2.22. The highest BCUT2D eigenvalue weighted by Gasteiger charge is 2.23. The highest BCUT2D eigenvalue weighted by atomic mass is 35.5. The van der Waals surface area contributed by atoms with E-state index in [1.54, 1.807) is 0 Å². The van der Waals surface area contributed by atoms with E-state index in [-0.39, 0.29) is 33.6 Å². The van der Waals surface area contributed by atoms with Gasteiger partial charge in [-0.25, -0.2) is 18.1 Å². The van der Waals surface area contributed by atoms with E-state index in [4.69, 9.17) is 23.2 Å². The molecule has 1 aromatic heterocycles. The number of sulfonamides is 1. The van der Waals surface area contributed by atoms with Crippen LogP contribution in [0.3, 0.4) is 0 Å². The molecule has 6 nitrogen and oxygen atoms in total. The van der Waals surface area contributed by atoms with Crippen LogP contribution in [0.4, 0.5) is 0 Å². The maximum Gasteiger partial charge on any atom is 0.242 e. The van der Waals surface area contributed by atoms with Crippen LogP contribution in [0.25, 0.3) is 0 Å². The lowest BCUT2D eigenvalue weighted by molar-refractivity contribution is -0.119. The first-order chi connectivity index (χ1) is 8.88. The van der Waals surface area contributed by atoms with Crippen molar-refractivity contribution < 1.29 is 13.2 Å². The summed E-state index contributed by atoms with van der Waals surface area (Å²) in [4.78, 5) is 14.6. The highest BCUT2D eigenvalue weighted by molar-refractivity contribution is 7.89. The summed E-state index contributed by atoms with van der Waals surface area (Å²) in [5.74, 6) is -0.0691.